The van der Waals surface area contributed by atoms with Gasteiger partial charge in [-0.2, -0.15) is 0 Å². The van der Waals surface area contributed by atoms with Crippen LogP contribution in [0, 0.1) is 0 Å². The van der Waals surface area contributed by atoms with E-state index in [2.05, 4.69) is 52.1 Å². The van der Waals surface area contributed by atoms with E-state index in [9.17, 15) is 4.79 Å². The standard InChI is InChI=1S/C17H30N2O2Si/c1-16(2,3)22-21-17(4,5)13-8-10-14(11-9-13)19(7)15(20)12-18-6/h8-11,18H,12,22H2,1-7H3. The number of likely N-dealkylation sites (N-methyl/N-ethyl adjacent to an activating group) is 2. The smallest absolute Gasteiger partial charge is 0.240 e. The van der Waals surface area contributed by atoms with E-state index in [1.54, 1.807) is 19.0 Å². The van der Waals surface area contributed by atoms with E-state index >= 15 is 0 Å². The first-order valence-corrected chi connectivity index (χ1v) is 9.01. The number of rotatable bonds is 6. The van der Waals surface area contributed by atoms with E-state index in [0.29, 0.717) is 6.54 Å². The van der Waals surface area contributed by atoms with E-state index in [1.807, 2.05) is 12.1 Å². The van der Waals surface area contributed by atoms with E-state index in [0.717, 1.165) is 11.3 Å². The van der Waals surface area contributed by atoms with Crippen molar-refractivity contribution in [1.29, 1.82) is 0 Å². The maximum Gasteiger partial charge on any atom is 0.240 e. The summed E-state index contributed by atoms with van der Waals surface area (Å²) in [6.45, 7) is 11.2. The third-order valence-electron chi connectivity index (χ3n) is 3.52. The van der Waals surface area contributed by atoms with Gasteiger partial charge in [0, 0.05) is 12.7 Å². The number of benzene rings is 1. The predicted molar refractivity (Wildman–Crippen MR) is 96.1 cm³/mol. The van der Waals surface area contributed by atoms with Crippen LogP contribution in [0.4, 0.5) is 5.69 Å². The first-order valence-electron chi connectivity index (χ1n) is 7.72. The summed E-state index contributed by atoms with van der Waals surface area (Å²) in [4.78, 5) is 13.5. The Morgan fingerprint density at radius 1 is 1.18 bits per heavy atom. The van der Waals surface area contributed by atoms with Crippen LogP contribution in [0.5, 0.6) is 0 Å². The molecule has 0 saturated heterocycles. The quantitative estimate of drug-likeness (QED) is 0.818. The summed E-state index contributed by atoms with van der Waals surface area (Å²) in [5.74, 6) is 0.0471. The van der Waals surface area contributed by atoms with Gasteiger partial charge in [0.1, 0.15) is 0 Å². The zero-order chi connectivity index (χ0) is 17.0. The van der Waals surface area contributed by atoms with Gasteiger partial charge in [-0.15, -0.1) is 0 Å². The molecule has 0 bridgehead atoms. The highest BCUT2D eigenvalue weighted by Gasteiger charge is 2.24. The average Bonchev–Trinajstić information content (AvgIpc) is 2.44. The number of hydrogen-bond donors (Lipinski definition) is 1. The Morgan fingerprint density at radius 3 is 2.18 bits per heavy atom. The number of carbonyl (C=O) groups is 1. The Bertz CT molecular complexity index is 492. The molecule has 22 heavy (non-hydrogen) atoms. The molecule has 0 saturated carbocycles. The maximum atomic E-state index is 11.9. The van der Waals surface area contributed by atoms with Crippen molar-refractivity contribution in [3.63, 3.8) is 0 Å². The van der Waals surface area contributed by atoms with Gasteiger partial charge in [0.2, 0.25) is 5.91 Å². The lowest BCUT2D eigenvalue weighted by Crippen LogP contribution is -2.34. The topological polar surface area (TPSA) is 41.6 Å². The van der Waals surface area contributed by atoms with Crippen LogP contribution in [-0.2, 0) is 14.8 Å². The lowest BCUT2D eigenvalue weighted by molar-refractivity contribution is -0.117. The van der Waals surface area contributed by atoms with Gasteiger partial charge in [-0.05, 0) is 43.6 Å². The van der Waals surface area contributed by atoms with Crippen molar-refractivity contribution in [1.82, 2.24) is 5.32 Å². The number of amides is 1. The number of carbonyl (C=O) groups excluding carboxylic acids is 1. The van der Waals surface area contributed by atoms with E-state index in [1.165, 1.54) is 0 Å². The third kappa shape index (κ3) is 5.55. The van der Waals surface area contributed by atoms with E-state index in [-0.39, 0.29) is 16.5 Å². The second kappa shape index (κ2) is 7.40. The van der Waals surface area contributed by atoms with Crippen LogP contribution < -0.4 is 10.2 Å². The van der Waals surface area contributed by atoms with Crippen molar-refractivity contribution in [2.24, 2.45) is 0 Å². The molecule has 4 nitrogen and oxygen atoms in total. The van der Waals surface area contributed by atoms with Crippen molar-refractivity contribution in [3.8, 4) is 0 Å². The molecule has 1 aromatic rings. The Labute approximate surface area is 137 Å². The minimum atomic E-state index is -0.616. The van der Waals surface area contributed by atoms with Gasteiger partial charge in [-0.3, -0.25) is 4.79 Å². The second-order valence-corrected chi connectivity index (χ2v) is 10.1. The Morgan fingerprint density at radius 2 is 1.73 bits per heavy atom. The van der Waals surface area contributed by atoms with Gasteiger partial charge in [0.05, 0.1) is 12.1 Å². The van der Waals surface area contributed by atoms with E-state index in [4.69, 9.17) is 4.43 Å². The first-order chi connectivity index (χ1) is 10.1. The number of nitrogens with zero attached hydrogens (tertiary/aromatic N) is 1. The van der Waals surface area contributed by atoms with Crippen LogP contribution in [0.3, 0.4) is 0 Å². The van der Waals surface area contributed by atoms with Gasteiger partial charge in [0.25, 0.3) is 0 Å². The van der Waals surface area contributed by atoms with Crippen LogP contribution in [0.25, 0.3) is 0 Å². The molecule has 0 heterocycles. The Balaban J connectivity index is 2.81. The van der Waals surface area contributed by atoms with Crippen LogP contribution in [-0.4, -0.2) is 36.3 Å². The molecule has 0 unspecified atom stereocenters. The van der Waals surface area contributed by atoms with Crippen LogP contribution in [0.15, 0.2) is 24.3 Å². The number of nitrogens with one attached hydrogen (secondary N) is 1. The van der Waals surface area contributed by atoms with Gasteiger partial charge < -0.3 is 14.6 Å². The van der Waals surface area contributed by atoms with E-state index < -0.39 is 9.76 Å². The molecule has 1 aromatic carbocycles. The summed E-state index contributed by atoms with van der Waals surface area (Å²) in [5.41, 5.74) is 1.75. The largest absolute Gasteiger partial charge is 0.415 e. The molecule has 0 atom stereocenters. The third-order valence-corrected chi connectivity index (χ3v) is 5.25. The minimum absolute atomic E-state index is 0.0471. The molecule has 1 rings (SSSR count). The lowest BCUT2D eigenvalue weighted by atomic mass is 9.98. The molecular weight excluding hydrogens is 292 g/mol. The van der Waals surface area contributed by atoms with Crippen LogP contribution >= 0.6 is 0 Å². The van der Waals surface area contributed by atoms with Crippen molar-refractivity contribution < 1.29 is 9.22 Å². The van der Waals surface area contributed by atoms with Crippen molar-refractivity contribution in [3.05, 3.63) is 29.8 Å². The van der Waals surface area contributed by atoms with Crippen molar-refractivity contribution >= 4 is 21.4 Å². The van der Waals surface area contributed by atoms with Gasteiger partial charge >= 0.3 is 0 Å². The maximum absolute atomic E-state index is 11.9. The monoisotopic (exact) mass is 322 g/mol. The molecule has 0 aliphatic carbocycles. The molecule has 5 heteroatoms. The molecule has 0 aromatic heterocycles. The normalized spacial score (nSPS) is 12.9. The van der Waals surface area contributed by atoms with Crippen LogP contribution in [0.1, 0.15) is 40.2 Å². The highest BCUT2D eigenvalue weighted by atomic mass is 28.2. The summed E-state index contributed by atoms with van der Waals surface area (Å²) in [6, 6.07) is 8.06. The summed E-state index contributed by atoms with van der Waals surface area (Å²) >= 11 is 0. The summed E-state index contributed by atoms with van der Waals surface area (Å²) < 4.78 is 6.21. The van der Waals surface area contributed by atoms with Crippen molar-refractivity contribution in [2.45, 2.75) is 45.3 Å². The molecule has 0 aliphatic rings. The molecular formula is C17H30N2O2Si. The summed E-state index contributed by atoms with van der Waals surface area (Å²) in [6.07, 6.45) is 0. The fraction of sp³-hybridized carbons (Fsp3) is 0.588. The molecule has 0 fully saturated rings. The Hall–Kier alpha value is -1.17. The number of hydrogen-bond acceptors (Lipinski definition) is 3. The molecule has 0 aliphatic heterocycles. The molecule has 0 spiro atoms. The fourth-order valence-electron chi connectivity index (χ4n) is 1.98. The number of anilines is 1. The molecule has 1 N–H and O–H groups in total. The van der Waals surface area contributed by atoms with Gasteiger partial charge in [-0.25, -0.2) is 0 Å². The lowest BCUT2D eigenvalue weighted by Gasteiger charge is -2.31. The SMILES string of the molecule is CNCC(=O)N(C)c1ccc(C(C)(C)O[SiH2]C(C)(C)C)cc1. The highest BCUT2D eigenvalue weighted by Crippen LogP contribution is 2.30. The van der Waals surface area contributed by atoms with Gasteiger partial charge in [0.15, 0.2) is 9.76 Å². The fourth-order valence-corrected chi connectivity index (χ4v) is 2.94. The highest BCUT2D eigenvalue weighted by molar-refractivity contribution is 6.31. The average molecular weight is 323 g/mol. The Kier molecular flexibility index (Phi) is 6.34. The van der Waals surface area contributed by atoms with Gasteiger partial charge in [-0.1, -0.05) is 32.9 Å². The molecule has 0 radical (unpaired) electrons. The minimum Gasteiger partial charge on any atom is -0.415 e. The predicted octanol–water partition coefficient (Wildman–Crippen LogP) is 2.42. The summed E-state index contributed by atoms with van der Waals surface area (Å²) in [5, 5.41) is 3.15. The summed E-state index contributed by atoms with van der Waals surface area (Å²) in [7, 11) is 2.95. The second-order valence-electron chi connectivity index (χ2n) is 7.39. The zero-order valence-electron chi connectivity index (χ0n) is 15.0. The first kappa shape index (κ1) is 18.9. The van der Waals surface area contributed by atoms with Crippen LogP contribution in [0.2, 0.25) is 5.04 Å². The zero-order valence-corrected chi connectivity index (χ0v) is 16.4. The van der Waals surface area contributed by atoms with Crippen molar-refractivity contribution in [2.75, 3.05) is 25.5 Å². The molecule has 124 valence electrons. The molecule has 1 amide bonds.